The number of hydrogen-bond acceptors (Lipinski definition) is 3. The molecule has 1 aliphatic carbocycles. The summed E-state index contributed by atoms with van der Waals surface area (Å²) in [5.41, 5.74) is 2.68. The summed E-state index contributed by atoms with van der Waals surface area (Å²) in [7, 11) is 0. The maximum atomic E-state index is 12.3. The van der Waals surface area contributed by atoms with Gasteiger partial charge in [0.1, 0.15) is 0 Å². The minimum absolute atomic E-state index is 0. The summed E-state index contributed by atoms with van der Waals surface area (Å²) >= 11 is 0. The number of carbonyl (C=O) groups excluding carboxylic acids is 2. The summed E-state index contributed by atoms with van der Waals surface area (Å²) in [4.78, 5) is 24.3. The second kappa shape index (κ2) is 7.24. The van der Waals surface area contributed by atoms with Gasteiger partial charge in [-0.1, -0.05) is 6.07 Å². The summed E-state index contributed by atoms with van der Waals surface area (Å²) in [6.07, 6.45) is 7.88. The normalized spacial score (nSPS) is 28.0. The number of ketones is 1. The van der Waals surface area contributed by atoms with Crippen molar-refractivity contribution >= 4 is 29.8 Å². The lowest BCUT2D eigenvalue weighted by molar-refractivity contribution is -0.117. The Kier molecular flexibility index (Phi) is 5.26. The Bertz CT molecular complexity index is 634. The molecule has 2 saturated heterocycles. The molecule has 2 heterocycles. The third-order valence-corrected chi connectivity index (χ3v) is 5.59. The van der Waals surface area contributed by atoms with Crippen LogP contribution in [0.4, 0.5) is 5.69 Å². The fourth-order valence-corrected chi connectivity index (χ4v) is 4.52. The first-order chi connectivity index (χ1) is 11.2. The Hall–Kier alpha value is -1.39. The van der Waals surface area contributed by atoms with Crippen LogP contribution in [0, 0.1) is 5.92 Å². The Labute approximate surface area is 149 Å². The maximum absolute atomic E-state index is 12.3. The molecule has 4 nitrogen and oxygen atoms in total. The number of nitrogens with one attached hydrogen (secondary N) is 2. The SMILES string of the molecule is Cl.O=C(CC1CC2CCC(C1)N2)Nc1ccc2c(c1)C(=O)CCC2. The highest BCUT2D eigenvalue weighted by Gasteiger charge is 2.34. The van der Waals surface area contributed by atoms with Gasteiger partial charge in [0.2, 0.25) is 5.91 Å². The van der Waals surface area contributed by atoms with E-state index in [9.17, 15) is 9.59 Å². The number of Topliss-reactive ketones (excluding diaryl/α,β-unsaturated/α-hetero) is 1. The first-order valence-corrected chi connectivity index (χ1v) is 8.89. The molecule has 5 heteroatoms. The van der Waals surface area contributed by atoms with Crippen molar-refractivity contribution in [3.8, 4) is 0 Å². The van der Waals surface area contributed by atoms with Gasteiger partial charge in [0, 0.05) is 36.2 Å². The Morgan fingerprint density at radius 3 is 2.67 bits per heavy atom. The van der Waals surface area contributed by atoms with E-state index in [1.54, 1.807) is 0 Å². The molecule has 0 spiro atoms. The van der Waals surface area contributed by atoms with Gasteiger partial charge in [-0.3, -0.25) is 9.59 Å². The molecule has 2 bridgehead atoms. The molecule has 3 aliphatic rings. The second-order valence-electron chi connectivity index (χ2n) is 7.38. The number of anilines is 1. The molecule has 0 aromatic heterocycles. The van der Waals surface area contributed by atoms with Crippen LogP contribution in [0.2, 0.25) is 0 Å². The number of carbonyl (C=O) groups is 2. The van der Waals surface area contributed by atoms with Crippen molar-refractivity contribution in [1.29, 1.82) is 0 Å². The van der Waals surface area contributed by atoms with Crippen LogP contribution >= 0.6 is 12.4 Å². The van der Waals surface area contributed by atoms with Crippen molar-refractivity contribution in [2.24, 2.45) is 5.92 Å². The van der Waals surface area contributed by atoms with E-state index < -0.39 is 0 Å². The molecule has 1 aromatic rings. The van der Waals surface area contributed by atoms with E-state index in [0.717, 1.165) is 42.5 Å². The molecule has 2 atom stereocenters. The lowest BCUT2D eigenvalue weighted by Gasteiger charge is -2.28. The van der Waals surface area contributed by atoms with Crippen LogP contribution in [0.5, 0.6) is 0 Å². The van der Waals surface area contributed by atoms with Crippen LogP contribution in [-0.4, -0.2) is 23.8 Å². The van der Waals surface area contributed by atoms with Gasteiger partial charge in [-0.2, -0.15) is 0 Å². The van der Waals surface area contributed by atoms with Gasteiger partial charge in [0.25, 0.3) is 0 Å². The van der Waals surface area contributed by atoms with E-state index >= 15 is 0 Å². The number of fused-ring (bicyclic) bond motifs is 3. The Balaban J connectivity index is 0.00000169. The first-order valence-electron chi connectivity index (χ1n) is 8.89. The molecule has 2 fully saturated rings. The van der Waals surface area contributed by atoms with Gasteiger partial charge in [0.15, 0.2) is 5.78 Å². The molecule has 1 amide bonds. The molecule has 2 aliphatic heterocycles. The van der Waals surface area contributed by atoms with Gasteiger partial charge in [0.05, 0.1) is 0 Å². The quantitative estimate of drug-likeness (QED) is 0.879. The molecule has 4 rings (SSSR count). The Morgan fingerprint density at radius 1 is 1.17 bits per heavy atom. The molecule has 2 unspecified atom stereocenters. The lowest BCUT2D eigenvalue weighted by atomic mass is 9.89. The van der Waals surface area contributed by atoms with Crippen molar-refractivity contribution in [2.75, 3.05) is 5.32 Å². The molecule has 0 saturated carbocycles. The fraction of sp³-hybridized carbons (Fsp3) is 0.579. The van der Waals surface area contributed by atoms with Crippen molar-refractivity contribution in [2.45, 2.75) is 63.5 Å². The molecule has 2 N–H and O–H groups in total. The number of amides is 1. The van der Waals surface area contributed by atoms with Crippen molar-refractivity contribution < 1.29 is 9.59 Å². The monoisotopic (exact) mass is 348 g/mol. The third kappa shape index (κ3) is 3.65. The number of piperidine rings is 1. The standard InChI is InChI=1S/C19H24N2O2.ClH/c22-18-3-1-2-13-4-5-16(11-17(13)18)21-19(23)10-12-8-14-6-7-15(9-12)20-14;/h4-5,11-12,14-15,20H,1-3,6-10H2,(H,21,23);1H. The maximum Gasteiger partial charge on any atom is 0.224 e. The highest BCUT2D eigenvalue weighted by Crippen LogP contribution is 2.33. The third-order valence-electron chi connectivity index (χ3n) is 5.59. The van der Waals surface area contributed by atoms with Crippen LogP contribution in [0.3, 0.4) is 0 Å². The predicted octanol–water partition coefficient (Wildman–Crippen LogP) is 3.49. The molecule has 24 heavy (non-hydrogen) atoms. The molecule has 0 radical (unpaired) electrons. The van der Waals surface area contributed by atoms with E-state index in [-0.39, 0.29) is 24.1 Å². The first kappa shape index (κ1) is 17.4. The van der Waals surface area contributed by atoms with E-state index in [2.05, 4.69) is 10.6 Å². The van der Waals surface area contributed by atoms with E-state index in [4.69, 9.17) is 0 Å². The highest BCUT2D eigenvalue weighted by atomic mass is 35.5. The minimum Gasteiger partial charge on any atom is -0.326 e. The zero-order chi connectivity index (χ0) is 15.8. The number of aryl methyl sites for hydroxylation is 1. The van der Waals surface area contributed by atoms with Crippen LogP contribution in [0.1, 0.15) is 60.9 Å². The molecule has 1 aromatic carbocycles. The average Bonchev–Trinajstić information content (AvgIpc) is 2.87. The van der Waals surface area contributed by atoms with Crippen molar-refractivity contribution in [1.82, 2.24) is 5.32 Å². The zero-order valence-electron chi connectivity index (χ0n) is 13.8. The van der Waals surface area contributed by atoms with Crippen LogP contribution in [0.25, 0.3) is 0 Å². The average molecular weight is 349 g/mol. The van der Waals surface area contributed by atoms with E-state index in [1.165, 1.54) is 12.8 Å². The predicted molar refractivity (Wildman–Crippen MR) is 96.9 cm³/mol. The summed E-state index contributed by atoms with van der Waals surface area (Å²) in [6, 6.07) is 7.02. The highest BCUT2D eigenvalue weighted by molar-refractivity contribution is 6.00. The van der Waals surface area contributed by atoms with Gasteiger partial charge in [-0.05, 0) is 62.1 Å². The summed E-state index contributed by atoms with van der Waals surface area (Å²) < 4.78 is 0. The van der Waals surface area contributed by atoms with Crippen molar-refractivity contribution in [3.05, 3.63) is 29.3 Å². The van der Waals surface area contributed by atoms with Gasteiger partial charge in [-0.25, -0.2) is 0 Å². The summed E-state index contributed by atoms with van der Waals surface area (Å²) in [5.74, 6) is 0.782. The smallest absolute Gasteiger partial charge is 0.224 e. The lowest BCUT2D eigenvalue weighted by Crippen LogP contribution is -2.39. The number of benzene rings is 1. The molecular weight excluding hydrogens is 324 g/mol. The molecular formula is C19H25ClN2O2. The van der Waals surface area contributed by atoms with Gasteiger partial charge < -0.3 is 10.6 Å². The van der Waals surface area contributed by atoms with Gasteiger partial charge >= 0.3 is 0 Å². The number of rotatable bonds is 3. The minimum atomic E-state index is 0. The fourth-order valence-electron chi connectivity index (χ4n) is 4.52. The Morgan fingerprint density at radius 2 is 1.92 bits per heavy atom. The zero-order valence-corrected chi connectivity index (χ0v) is 14.7. The summed E-state index contributed by atoms with van der Waals surface area (Å²) in [5, 5.41) is 6.61. The van der Waals surface area contributed by atoms with Crippen LogP contribution in [-0.2, 0) is 11.2 Å². The number of hydrogen-bond donors (Lipinski definition) is 2. The topological polar surface area (TPSA) is 58.2 Å². The van der Waals surface area contributed by atoms with Crippen molar-refractivity contribution in [3.63, 3.8) is 0 Å². The van der Waals surface area contributed by atoms with Crippen LogP contribution in [0.15, 0.2) is 18.2 Å². The van der Waals surface area contributed by atoms with E-state index in [1.807, 2.05) is 18.2 Å². The summed E-state index contributed by atoms with van der Waals surface area (Å²) in [6.45, 7) is 0. The van der Waals surface area contributed by atoms with Gasteiger partial charge in [-0.15, -0.1) is 12.4 Å². The molecule has 130 valence electrons. The largest absolute Gasteiger partial charge is 0.326 e. The second-order valence-corrected chi connectivity index (χ2v) is 7.38. The van der Waals surface area contributed by atoms with E-state index in [0.29, 0.717) is 30.8 Å². The van der Waals surface area contributed by atoms with Crippen LogP contribution < -0.4 is 10.6 Å². The number of halogens is 1.